The first kappa shape index (κ1) is 32.3. The molecule has 2 atom stereocenters. The third-order valence-corrected chi connectivity index (χ3v) is 11.4. The first-order valence-corrected chi connectivity index (χ1v) is 17.3. The SMILES string of the molecule is CCCCC1(CCCC)CS(O)(O)(O)(O)c2ccc(N(C)C)cc2C(c2ccc(OCc3cc[n+](C)cc3)cc2)C1O. The van der Waals surface area contributed by atoms with E-state index in [0.717, 1.165) is 29.7 Å². The zero-order chi connectivity index (χ0) is 30.8. The molecule has 0 amide bonds. The van der Waals surface area contributed by atoms with Crippen LogP contribution >= 0.6 is 9.42 Å². The van der Waals surface area contributed by atoms with Crippen molar-refractivity contribution in [2.24, 2.45) is 12.5 Å². The van der Waals surface area contributed by atoms with E-state index < -0.39 is 32.6 Å². The smallest absolute Gasteiger partial charge is 0.168 e. The number of pyridine rings is 1. The topological polar surface area (TPSA) is 118 Å². The lowest BCUT2D eigenvalue weighted by molar-refractivity contribution is -0.671. The largest absolute Gasteiger partial charge is 0.489 e. The second kappa shape index (κ2) is 11.4. The van der Waals surface area contributed by atoms with Crippen molar-refractivity contribution in [1.29, 1.82) is 0 Å². The molecule has 1 aromatic heterocycles. The maximum Gasteiger partial charge on any atom is 0.168 e. The molecule has 3 aromatic rings. The van der Waals surface area contributed by atoms with Crippen molar-refractivity contribution in [2.45, 2.75) is 75.9 Å². The minimum atomic E-state index is -6.81. The highest BCUT2D eigenvalue weighted by Crippen LogP contribution is 2.86. The quantitative estimate of drug-likeness (QED) is 0.148. The van der Waals surface area contributed by atoms with Crippen LogP contribution in [0.25, 0.3) is 0 Å². The van der Waals surface area contributed by atoms with E-state index in [1.54, 1.807) is 12.1 Å². The predicted molar refractivity (Wildman–Crippen MR) is 170 cm³/mol. The standard InChI is InChI=1S/C33H48N2O6S/c1-6-8-18-33(19-9-7-2)24-42(37,38,39,40)30-15-12-27(34(3)4)22-29(30)31(32(33)36)26-10-13-28(14-11-26)41-23-25-16-20-35(5)21-17-25/h10-17,20-22,31-32,36H,6-9,18-19,23-24H2,1-5H3,(H3-,37,38,39,40)/p+1. The van der Waals surface area contributed by atoms with Crippen LogP contribution in [0.2, 0.25) is 0 Å². The van der Waals surface area contributed by atoms with E-state index in [1.807, 2.05) is 93.2 Å². The number of hydrogen-bond acceptors (Lipinski definition) is 7. The molecule has 5 N–H and O–H groups in total. The Morgan fingerprint density at radius 1 is 0.905 bits per heavy atom. The zero-order valence-corrected chi connectivity index (χ0v) is 26.4. The van der Waals surface area contributed by atoms with Crippen LogP contribution in [0, 0.1) is 5.41 Å². The Hall–Kier alpha value is -2.66. The molecule has 0 bridgehead atoms. The van der Waals surface area contributed by atoms with Crippen LogP contribution in [-0.4, -0.2) is 49.3 Å². The number of aryl methyl sites for hydroxylation is 1. The summed E-state index contributed by atoms with van der Waals surface area (Å²) in [6.07, 6.45) is 6.70. The Labute approximate surface area is 249 Å². The third-order valence-electron chi connectivity index (χ3n) is 8.70. The van der Waals surface area contributed by atoms with Gasteiger partial charge in [0.15, 0.2) is 12.4 Å². The fraction of sp³-hybridized carbons (Fsp3) is 0.485. The predicted octanol–water partition coefficient (Wildman–Crippen LogP) is 7.16. The Balaban J connectivity index is 1.85. The van der Waals surface area contributed by atoms with E-state index in [9.17, 15) is 23.3 Å². The van der Waals surface area contributed by atoms with E-state index in [4.69, 9.17) is 4.74 Å². The number of hydrogen-bond donors (Lipinski definition) is 5. The highest BCUT2D eigenvalue weighted by atomic mass is 32.4. The van der Waals surface area contributed by atoms with Gasteiger partial charge in [-0.15, -0.1) is 0 Å². The molecule has 0 spiro atoms. The van der Waals surface area contributed by atoms with Crippen molar-refractivity contribution in [2.75, 3.05) is 24.7 Å². The molecule has 0 fully saturated rings. The number of fused-ring (bicyclic) bond motifs is 1. The number of aromatic nitrogens is 1. The van der Waals surface area contributed by atoms with Crippen LogP contribution in [0.15, 0.2) is 71.9 Å². The maximum atomic E-state index is 12.4. The number of benzene rings is 2. The van der Waals surface area contributed by atoms with Crippen LogP contribution in [0.3, 0.4) is 0 Å². The van der Waals surface area contributed by atoms with Gasteiger partial charge in [-0.3, -0.25) is 0 Å². The number of rotatable bonds is 11. The number of anilines is 1. The van der Waals surface area contributed by atoms with E-state index in [1.165, 1.54) is 6.07 Å². The van der Waals surface area contributed by atoms with Gasteiger partial charge in [-0.2, -0.15) is 0 Å². The first-order chi connectivity index (χ1) is 19.6. The minimum Gasteiger partial charge on any atom is -0.489 e. The number of unbranched alkanes of at least 4 members (excludes halogenated alkanes) is 2. The lowest BCUT2D eigenvalue weighted by Gasteiger charge is -2.65. The van der Waals surface area contributed by atoms with Crippen LogP contribution in [0.4, 0.5) is 5.69 Å². The van der Waals surface area contributed by atoms with E-state index >= 15 is 0 Å². The second-order valence-electron chi connectivity index (χ2n) is 12.5. The van der Waals surface area contributed by atoms with Crippen molar-refractivity contribution in [3.8, 4) is 5.75 Å². The molecular formula is C33H49N2O6S+. The Morgan fingerprint density at radius 2 is 1.50 bits per heavy atom. The summed E-state index contributed by atoms with van der Waals surface area (Å²) in [6.45, 7) is 4.47. The summed E-state index contributed by atoms with van der Waals surface area (Å²) in [6, 6.07) is 16.2. The molecule has 8 nitrogen and oxygen atoms in total. The summed E-state index contributed by atoms with van der Waals surface area (Å²) in [7, 11) is -1.13. The molecule has 1 aliphatic rings. The Morgan fingerprint density at radius 3 is 2.05 bits per heavy atom. The zero-order valence-electron chi connectivity index (χ0n) is 25.6. The van der Waals surface area contributed by atoms with Crippen molar-refractivity contribution in [3.63, 3.8) is 0 Å². The van der Waals surface area contributed by atoms with Gasteiger partial charge >= 0.3 is 0 Å². The highest BCUT2D eigenvalue weighted by Gasteiger charge is 2.64. The van der Waals surface area contributed by atoms with Crippen LogP contribution in [0.1, 0.15) is 75.0 Å². The lowest BCUT2D eigenvalue weighted by atomic mass is 9.68. The summed E-state index contributed by atoms with van der Waals surface area (Å²) in [5.41, 5.74) is 1.65. The molecule has 2 unspecified atom stereocenters. The van der Waals surface area contributed by atoms with Gasteiger partial charge in [-0.25, -0.2) is 4.57 Å². The molecule has 232 valence electrons. The van der Waals surface area contributed by atoms with Crippen LogP contribution in [-0.2, 0) is 13.7 Å². The molecule has 4 rings (SSSR count). The van der Waals surface area contributed by atoms with Gasteiger partial charge in [0, 0.05) is 58.2 Å². The number of ether oxygens (including phenoxy) is 1. The first-order valence-electron chi connectivity index (χ1n) is 14.9. The summed E-state index contributed by atoms with van der Waals surface area (Å²) in [5.74, 6) is -0.813. The minimum absolute atomic E-state index is 0.297. The number of aliphatic hydroxyl groups excluding tert-OH is 1. The van der Waals surface area contributed by atoms with Gasteiger partial charge in [-0.1, -0.05) is 51.7 Å². The average Bonchev–Trinajstić information content (AvgIpc) is 2.99. The fourth-order valence-electron chi connectivity index (χ4n) is 6.42. The molecule has 0 radical (unpaired) electrons. The summed E-state index contributed by atoms with van der Waals surface area (Å²) in [5, 5.41) is 12.4. The average molecular weight is 602 g/mol. The third kappa shape index (κ3) is 6.77. The molecule has 0 aliphatic carbocycles. The summed E-state index contributed by atoms with van der Waals surface area (Å²) >= 11 is 0. The Bertz CT molecular complexity index is 1360. The van der Waals surface area contributed by atoms with Gasteiger partial charge < -0.3 is 33.0 Å². The summed E-state index contributed by atoms with van der Waals surface area (Å²) in [4.78, 5) is 1.54. The van der Waals surface area contributed by atoms with Crippen molar-refractivity contribution in [1.82, 2.24) is 0 Å². The molecule has 1 aliphatic heterocycles. The highest BCUT2D eigenvalue weighted by molar-refractivity contribution is 8.48. The van der Waals surface area contributed by atoms with Gasteiger partial charge in [-0.05, 0) is 54.3 Å². The molecule has 42 heavy (non-hydrogen) atoms. The van der Waals surface area contributed by atoms with Gasteiger partial charge in [0.25, 0.3) is 0 Å². The van der Waals surface area contributed by atoms with Crippen LogP contribution < -0.4 is 14.2 Å². The number of aliphatic hydroxyl groups is 1. The fourth-order valence-corrected chi connectivity index (χ4v) is 9.53. The molecule has 2 heterocycles. The lowest BCUT2D eigenvalue weighted by Crippen LogP contribution is -2.49. The monoisotopic (exact) mass is 601 g/mol. The van der Waals surface area contributed by atoms with Crippen molar-refractivity contribution in [3.05, 3.63) is 83.7 Å². The van der Waals surface area contributed by atoms with E-state index in [2.05, 4.69) is 0 Å². The maximum absolute atomic E-state index is 12.4. The van der Waals surface area contributed by atoms with Gasteiger partial charge in [0.05, 0.1) is 16.8 Å². The molecule has 0 saturated heterocycles. The van der Waals surface area contributed by atoms with Gasteiger partial charge in [0.2, 0.25) is 0 Å². The van der Waals surface area contributed by atoms with Crippen molar-refractivity contribution < 1.29 is 32.6 Å². The molecular weight excluding hydrogens is 552 g/mol. The molecule has 0 saturated carbocycles. The van der Waals surface area contributed by atoms with E-state index in [0.29, 0.717) is 43.6 Å². The van der Waals surface area contributed by atoms with E-state index in [-0.39, 0.29) is 4.90 Å². The Kier molecular flexibility index (Phi) is 8.79. The second-order valence-corrected chi connectivity index (χ2v) is 16.3. The van der Waals surface area contributed by atoms with Gasteiger partial charge in [0.1, 0.15) is 19.4 Å². The molecule has 2 aromatic carbocycles. The van der Waals surface area contributed by atoms with Crippen LogP contribution in [0.5, 0.6) is 5.75 Å². The van der Waals surface area contributed by atoms with Crippen molar-refractivity contribution >= 4 is 15.1 Å². The summed E-state index contributed by atoms with van der Waals surface area (Å²) < 4.78 is 55.0. The number of nitrogens with zero attached hydrogens (tertiary/aromatic N) is 2. The molecule has 9 heteroatoms. The normalized spacial score (nSPS) is 23.3.